The van der Waals surface area contributed by atoms with Gasteiger partial charge in [0.05, 0.1) is 12.0 Å². The van der Waals surface area contributed by atoms with Crippen molar-refractivity contribution in [3.8, 4) is 0 Å². The van der Waals surface area contributed by atoms with Crippen molar-refractivity contribution in [1.82, 2.24) is 5.32 Å². The van der Waals surface area contributed by atoms with Crippen molar-refractivity contribution in [3.05, 3.63) is 35.4 Å². The standard InChI is InChI=1S/C15H19NO3/c1-15(7-2-8-15)10-16-13(17)9-11-3-5-12(6-4-11)14(18)19/h3-6H,2,7-10H2,1H3,(H,16,17)(H,18,19). The molecule has 1 fully saturated rings. The fourth-order valence-electron chi connectivity index (χ4n) is 2.28. The minimum Gasteiger partial charge on any atom is -0.478 e. The third-order valence-electron chi connectivity index (χ3n) is 3.84. The van der Waals surface area contributed by atoms with E-state index in [9.17, 15) is 9.59 Å². The third kappa shape index (κ3) is 3.56. The molecular formula is C15H19NO3. The average molecular weight is 261 g/mol. The smallest absolute Gasteiger partial charge is 0.335 e. The van der Waals surface area contributed by atoms with E-state index in [0.717, 1.165) is 12.1 Å². The molecule has 4 heteroatoms. The van der Waals surface area contributed by atoms with Crippen LogP contribution in [0.4, 0.5) is 0 Å². The Hall–Kier alpha value is -1.84. The summed E-state index contributed by atoms with van der Waals surface area (Å²) in [6.45, 7) is 2.93. The SMILES string of the molecule is CC1(CNC(=O)Cc2ccc(C(=O)O)cc2)CCC1. The van der Waals surface area contributed by atoms with Gasteiger partial charge in [-0.05, 0) is 36.0 Å². The van der Waals surface area contributed by atoms with E-state index in [0.29, 0.717) is 6.42 Å². The van der Waals surface area contributed by atoms with E-state index in [1.165, 1.54) is 31.4 Å². The van der Waals surface area contributed by atoms with Crippen molar-refractivity contribution in [2.24, 2.45) is 5.41 Å². The van der Waals surface area contributed by atoms with E-state index >= 15 is 0 Å². The van der Waals surface area contributed by atoms with Gasteiger partial charge in [-0.2, -0.15) is 0 Å². The predicted molar refractivity (Wildman–Crippen MR) is 72.1 cm³/mol. The molecule has 1 saturated carbocycles. The molecule has 0 aliphatic heterocycles. The minimum atomic E-state index is -0.950. The number of hydrogen-bond acceptors (Lipinski definition) is 2. The van der Waals surface area contributed by atoms with Crippen LogP contribution in [0.15, 0.2) is 24.3 Å². The molecule has 2 rings (SSSR count). The van der Waals surface area contributed by atoms with Gasteiger partial charge in [0, 0.05) is 6.54 Å². The molecular weight excluding hydrogens is 242 g/mol. The van der Waals surface area contributed by atoms with Crippen molar-refractivity contribution >= 4 is 11.9 Å². The van der Waals surface area contributed by atoms with Crippen molar-refractivity contribution in [2.75, 3.05) is 6.54 Å². The molecule has 0 atom stereocenters. The van der Waals surface area contributed by atoms with Gasteiger partial charge in [0.2, 0.25) is 5.91 Å². The second-order valence-electron chi connectivity index (χ2n) is 5.62. The van der Waals surface area contributed by atoms with Crippen molar-refractivity contribution in [3.63, 3.8) is 0 Å². The van der Waals surface area contributed by atoms with Crippen LogP contribution in [-0.2, 0) is 11.2 Å². The Morgan fingerprint density at radius 3 is 2.37 bits per heavy atom. The highest BCUT2D eigenvalue weighted by Gasteiger charge is 2.31. The molecule has 1 aromatic carbocycles. The van der Waals surface area contributed by atoms with Crippen LogP contribution >= 0.6 is 0 Å². The summed E-state index contributed by atoms with van der Waals surface area (Å²) in [5.74, 6) is -0.954. The normalized spacial score (nSPS) is 16.5. The molecule has 0 radical (unpaired) electrons. The maximum Gasteiger partial charge on any atom is 0.335 e. The number of benzene rings is 1. The molecule has 1 aliphatic rings. The quantitative estimate of drug-likeness (QED) is 0.854. The zero-order chi connectivity index (χ0) is 13.9. The molecule has 0 unspecified atom stereocenters. The molecule has 2 N–H and O–H groups in total. The van der Waals surface area contributed by atoms with Gasteiger partial charge in [-0.1, -0.05) is 25.5 Å². The summed E-state index contributed by atoms with van der Waals surface area (Å²) in [6, 6.07) is 6.43. The van der Waals surface area contributed by atoms with E-state index in [4.69, 9.17) is 5.11 Å². The first-order chi connectivity index (χ1) is 8.98. The summed E-state index contributed by atoms with van der Waals surface area (Å²) < 4.78 is 0. The van der Waals surface area contributed by atoms with Crippen LogP contribution in [0, 0.1) is 5.41 Å². The van der Waals surface area contributed by atoms with Gasteiger partial charge in [0.1, 0.15) is 0 Å². The molecule has 19 heavy (non-hydrogen) atoms. The maximum absolute atomic E-state index is 11.8. The van der Waals surface area contributed by atoms with E-state index < -0.39 is 5.97 Å². The number of carboxylic acid groups (broad SMARTS) is 1. The Bertz CT molecular complexity index is 475. The Kier molecular flexibility index (Phi) is 3.88. The minimum absolute atomic E-state index is 0.00352. The highest BCUT2D eigenvalue weighted by Crippen LogP contribution is 2.39. The number of rotatable bonds is 5. The molecule has 102 valence electrons. The van der Waals surface area contributed by atoms with Crippen LogP contribution in [0.5, 0.6) is 0 Å². The number of hydrogen-bond donors (Lipinski definition) is 2. The fraction of sp³-hybridized carbons (Fsp3) is 0.467. The number of carbonyl (C=O) groups excluding carboxylic acids is 1. The largest absolute Gasteiger partial charge is 0.478 e. The molecule has 0 heterocycles. The monoisotopic (exact) mass is 261 g/mol. The molecule has 1 amide bonds. The fourth-order valence-corrected chi connectivity index (χ4v) is 2.28. The molecule has 0 aromatic heterocycles. The average Bonchev–Trinajstić information content (AvgIpc) is 2.35. The Balaban J connectivity index is 1.83. The van der Waals surface area contributed by atoms with Gasteiger partial charge in [-0.3, -0.25) is 4.79 Å². The summed E-state index contributed by atoms with van der Waals surface area (Å²) >= 11 is 0. The molecule has 0 bridgehead atoms. The van der Waals surface area contributed by atoms with E-state index in [2.05, 4.69) is 12.2 Å². The molecule has 1 aliphatic carbocycles. The van der Waals surface area contributed by atoms with Crippen LogP contribution in [0.2, 0.25) is 0 Å². The van der Waals surface area contributed by atoms with E-state index in [-0.39, 0.29) is 16.9 Å². The van der Waals surface area contributed by atoms with Crippen LogP contribution in [0.3, 0.4) is 0 Å². The summed E-state index contributed by atoms with van der Waals surface area (Å²) in [5.41, 5.74) is 1.36. The highest BCUT2D eigenvalue weighted by atomic mass is 16.4. The van der Waals surface area contributed by atoms with Gasteiger partial charge in [0.25, 0.3) is 0 Å². The molecule has 1 aromatic rings. The number of nitrogens with one attached hydrogen (secondary N) is 1. The first kappa shape index (κ1) is 13.6. The lowest BCUT2D eigenvalue weighted by atomic mass is 9.70. The first-order valence-corrected chi connectivity index (χ1v) is 6.57. The van der Waals surface area contributed by atoms with E-state index in [1.807, 2.05) is 0 Å². The van der Waals surface area contributed by atoms with Gasteiger partial charge >= 0.3 is 5.97 Å². The lowest BCUT2D eigenvalue weighted by Gasteiger charge is -2.38. The molecule has 0 spiro atoms. The second-order valence-corrected chi connectivity index (χ2v) is 5.62. The van der Waals surface area contributed by atoms with Crippen LogP contribution < -0.4 is 5.32 Å². The summed E-state index contributed by atoms with van der Waals surface area (Å²) in [4.78, 5) is 22.5. The summed E-state index contributed by atoms with van der Waals surface area (Å²) in [7, 11) is 0. The lowest BCUT2D eigenvalue weighted by Crippen LogP contribution is -2.40. The van der Waals surface area contributed by atoms with Gasteiger partial charge < -0.3 is 10.4 Å². The number of carboxylic acids is 1. The number of amides is 1. The van der Waals surface area contributed by atoms with Crippen molar-refractivity contribution in [1.29, 1.82) is 0 Å². The lowest BCUT2D eigenvalue weighted by molar-refractivity contribution is -0.121. The summed E-state index contributed by atoms with van der Waals surface area (Å²) in [6.07, 6.45) is 3.92. The predicted octanol–water partition coefficient (Wildman–Crippen LogP) is 2.23. The van der Waals surface area contributed by atoms with Crippen molar-refractivity contribution in [2.45, 2.75) is 32.6 Å². The first-order valence-electron chi connectivity index (χ1n) is 6.57. The van der Waals surface area contributed by atoms with Crippen LogP contribution in [0.25, 0.3) is 0 Å². The second kappa shape index (κ2) is 5.43. The van der Waals surface area contributed by atoms with E-state index in [1.54, 1.807) is 12.1 Å². The highest BCUT2D eigenvalue weighted by molar-refractivity contribution is 5.87. The maximum atomic E-state index is 11.8. The van der Waals surface area contributed by atoms with Gasteiger partial charge in [-0.25, -0.2) is 4.79 Å². The van der Waals surface area contributed by atoms with Crippen LogP contribution in [0.1, 0.15) is 42.1 Å². The summed E-state index contributed by atoms with van der Waals surface area (Å²) in [5, 5.41) is 11.7. The Morgan fingerprint density at radius 2 is 1.89 bits per heavy atom. The molecule has 0 saturated heterocycles. The van der Waals surface area contributed by atoms with Crippen LogP contribution in [-0.4, -0.2) is 23.5 Å². The van der Waals surface area contributed by atoms with Gasteiger partial charge in [0.15, 0.2) is 0 Å². The zero-order valence-electron chi connectivity index (χ0n) is 11.1. The molecule has 4 nitrogen and oxygen atoms in total. The number of aromatic carboxylic acids is 1. The zero-order valence-corrected chi connectivity index (χ0v) is 11.1. The Labute approximate surface area is 112 Å². The Morgan fingerprint density at radius 1 is 1.26 bits per heavy atom. The third-order valence-corrected chi connectivity index (χ3v) is 3.84. The topological polar surface area (TPSA) is 66.4 Å². The van der Waals surface area contributed by atoms with Crippen molar-refractivity contribution < 1.29 is 14.7 Å². The number of carbonyl (C=O) groups is 2. The van der Waals surface area contributed by atoms with Gasteiger partial charge in [-0.15, -0.1) is 0 Å².